The maximum Gasteiger partial charge on any atom is 0.225 e. The van der Waals surface area contributed by atoms with Crippen molar-refractivity contribution in [3.05, 3.63) is 0 Å². The van der Waals surface area contributed by atoms with E-state index in [0.717, 1.165) is 0 Å². The smallest absolute Gasteiger partial charge is 0.225 e. The fraction of sp³-hybridized carbons (Fsp3) is 0.875. The lowest BCUT2D eigenvalue weighted by Gasteiger charge is -2.19. The van der Waals surface area contributed by atoms with Crippen molar-refractivity contribution in [1.82, 2.24) is 0 Å². The van der Waals surface area contributed by atoms with E-state index >= 15 is 0 Å². The summed E-state index contributed by atoms with van der Waals surface area (Å²) in [5.41, 5.74) is -0.174. The quantitative estimate of drug-likeness (QED) is 0.521. The van der Waals surface area contributed by atoms with Crippen molar-refractivity contribution in [3.8, 4) is 0 Å². The second-order valence-corrected chi connectivity index (χ2v) is 9.99. The van der Waals surface area contributed by atoms with Crippen molar-refractivity contribution >= 4 is 71.9 Å². The number of alkyl halides is 4. The summed E-state index contributed by atoms with van der Waals surface area (Å²) in [5, 5.41) is -0.738. The summed E-state index contributed by atoms with van der Waals surface area (Å²) in [5.74, 6) is -0.217. The minimum atomic E-state index is -0.884. The molecule has 1 rings (SSSR count). The summed E-state index contributed by atoms with van der Waals surface area (Å²) in [6.45, 7) is 3.92. The number of carbonyl (C=O) groups excluding carboxylic acids is 1. The molecule has 1 unspecified atom stereocenters. The largest absolute Gasteiger partial charge is 0.281 e. The molecule has 1 nitrogen and oxygen atoms in total. The molecule has 3 atom stereocenters. The van der Waals surface area contributed by atoms with Gasteiger partial charge in [0.15, 0.2) is 2.69 Å². The van der Waals surface area contributed by atoms with Crippen LogP contribution >= 0.6 is 66.7 Å². The second-order valence-electron chi connectivity index (χ2n) is 4.07. The standard InChI is InChI=1S/C8H9Br2Cl3O/c1-7(2)3(4(7)6(12)14)5(11)8(9,10)13/h3-5H,1-2H3/t3-,4-,5?/m1/s1. The monoisotopic (exact) mass is 384 g/mol. The molecule has 1 saturated carbocycles. The number of hydrogen-bond donors (Lipinski definition) is 0. The molecule has 0 radical (unpaired) electrons. The Labute approximate surface area is 115 Å². The van der Waals surface area contributed by atoms with E-state index in [0.29, 0.717) is 0 Å². The van der Waals surface area contributed by atoms with Gasteiger partial charge in [-0.15, -0.1) is 11.6 Å². The zero-order valence-corrected chi connectivity index (χ0v) is 13.0. The van der Waals surface area contributed by atoms with Crippen LogP contribution in [-0.4, -0.2) is 13.3 Å². The van der Waals surface area contributed by atoms with Crippen LogP contribution in [0.25, 0.3) is 0 Å². The first-order chi connectivity index (χ1) is 6.10. The lowest BCUT2D eigenvalue weighted by molar-refractivity contribution is -0.113. The van der Waals surface area contributed by atoms with Gasteiger partial charge in [-0.2, -0.15) is 0 Å². The third-order valence-electron chi connectivity index (χ3n) is 2.78. The molecule has 0 saturated heterocycles. The SMILES string of the molecule is CC1(C)[C@@H](C(=O)Cl)[C@@H]1C(Cl)C(Cl)(Br)Br. The molecule has 1 aliphatic rings. The van der Waals surface area contributed by atoms with Crippen LogP contribution in [-0.2, 0) is 4.79 Å². The summed E-state index contributed by atoms with van der Waals surface area (Å²) in [6, 6.07) is 0. The van der Waals surface area contributed by atoms with Gasteiger partial charge in [-0.25, -0.2) is 0 Å². The van der Waals surface area contributed by atoms with Gasteiger partial charge in [0, 0.05) is 5.92 Å². The highest BCUT2D eigenvalue weighted by Crippen LogP contribution is 2.65. The third-order valence-corrected chi connectivity index (χ3v) is 5.48. The van der Waals surface area contributed by atoms with Gasteiger partial charge in [-0.1, -0.05) is 57.3 Å². The van der Waals surface area contributed by atoms with E-state index in [2.05, 4.69) is 31.9 Å². The highest BCUT2D eigenvalue weighted by Gasteiger charge is 2.66. The molecule has 0 aromatic rings. The summed E-state index contributed by atoms with van der Waals surface area (Å²) < 4.78 is -0.884. The first-order valence-electron chi connectivity index (χ1n) is 4.00. The third kappa shape index (κ3) is 2.42. The van der Waals surface area contributed by atoms with E-state index in [9.17, 15) is 4.79 Å². The topological polar surface area (TPSA) is 17.1 Å². The van der Waals surface area contributed by atoms with E-state index in [1.807, 2.05) is 13.8 Å². The van der Waals surface area contributed by atoms with Crippen LogP contribution in [0.5, 0.6) is 0 Å². The lowest BCUT2D eigenvalue weighted by atomic mass is 10.1. The molecule has 1 fully saturated rings. The van der Waals surface area contributed by atoms with Gasteiger partial charge >= 0.3 is 0 Å². The number of rotatable bonds is 3. The van der Waals surface area contributed by atoms with Crippen LogP contribution in [0.15, 0.2) is 0 Å². The molecule has 0 amide bonds. The molecule has 14 heavy (non-hydrogen) atoms. The predicted octanol–water partition coefficient (Wildman–Crippen LogP) is 4.31. The zero-order valence-electron chi connectivity index (χ0n) is 7.53. The van der Waals surface area contributed by atoms with Crippen LogP contribution in [0.3, 0.4) is 0 Å². The molecule has 0 aromatic carbocycles. The van der Waals surface area contributed by atoms with Crippen molar-refractivity contribution in [3.63, 3.8) is 0 Å². The predicted molar refractivity (Wildman–Crippen MR) is 67.7 cm³/mol. The summed E-state index contributed by atoms with van der Waals surface area (Å²) in [7, 11) is 0. The number of halogens is 5. The lowest BCUT2D eigenvalue weighted by Crippen LogP contribution is -2.23. The highest BCUT2D eigenvalue weighted by atomic mass is 79.9. The van der Waals surface area contributed by atoms with E-state index in [4.69, 9.17) is 34.8 Å². The van der Waals surface area contributed by atoms with Crippen molar-refractivity contribution in [2.45, 2.75) is 21.9 Å². The summed E-state index contributed by atoms with van der Waals surface area (Å²) >= 11 is 24.0. The Kier molecular flexibility index (Phi) is 3.94. The van der Waals surface area contributed by atoms with E-state index in [1.165, 1.54) is 0 Å². The molecule has 0 heterocycles. The van der Waals surface area contributed by atoms with Crippen LogP contribution in [0.4, 0.5) is 0 Å². The molecule has 0 N–H and O–H groups in total. The van der Waals surface area contributed by atoms with Crippen molar-refractivity contribution in [2.75, 3.05) is 0 Å². The Morgan fingerprint density at radius 2 is 1.93 bits per heavy atom. The average molecular weight is 387 g/mol. The van der Waals surface area contributed by atoms with E-state index in [1.54, 1.807) is 0 Å². The van der Waals surface area contributed by atoms with Crippen molar-refractivity contribution in [1.29, 1.82) is 0 Å². The normalized spacial score (nSPS) is 32.5. The van der Waals surface area contributed by atoms with Gasteiger partial charge in [0.2, 0.25) is 5.24 Å². The summed E-state index contributed by atoms with van der Waals surface area (Å²) in [6.07, 6.45) is 0. The van der Waals surface area contributed by atoms with Gasteiger partial charge in [-0.05, 0) is 22.9 Å². The first-order valence-corrected chi connectivity index (χ1v) is 6.78. The Hall–Kier alpha value is 1.50. The second kappa shape index (κ2) is 4.06. The molecular formula is C8H9Br2Cl3O. The first kappa shape index (κ1) is 13.6. The van der Waals surface area contributed by atoms with E-state index in [-0.39, 0.29) is 22.5 Å². The molecule has 0 aliphatic heterocycles. The van der Waals surface area contributed by atoms with Gasteiger partial charge < -0.3 is 0 Å². The fourth-order valence-electron chi connectivity index (χ4n) is 1.86. The summed E-state index contributed by atoms with van der Waals surface area (Å²) in [4.78, 5) is 11.1. The highest BCUT2D eigenvalue weighted by molar-refractivity contribution is 9.26. The Bertz CT molecular complexity index is 262. The van der Waals surface area contributed by atoms with E-state index < -0.39 is 8.07 Å². The molecule has 0 bridgehead atoms. The van der Waals surface area contributed by atoms with Gasteiger partial charge in [-0.3, -0.25) is 4.79 Å². The molecule has 0 aromatic heterocycles. The Morgan fingerprint density at radius 1 is 1.50 bits per heavy atom. The minimum Gasteiger partial charge on any atom is -0.281 e. The molecule has 6 heteroatoms. The molecule has 1 aliphatic carbocycles. The van der Waals surface area contributed by atoms with Crippen LogP contribution in [0.2, 0.25) is 0 Å². The zero-order chi connectivity index (χ0) is 11.3. The Morgan fingerprint density at radius 3 is 2.14 bits per heavy atom. The fourth-order valence-corrected chi connectivity index (χ4v) is 3.45. The van der Waals surface area contributed by atoms with Crippen LogP contribution < -0.4 is 0 Å². The molecular weight excluding hydrogens is 378 g/mol. The van der Waals surface area contributed by atoms with Gasteiger partial charge in [0.05, 0.1) is 5.38 Å². The van der Waals surface area contributed by atoms with Crippen LogP contribution in [0, 0.1) is 17.3 Å². The van der Waals surface area contributed by atoms with Crippen LogP contribution in [0.1, 0.15) is 13.8 Å². The maximum absolute atomic E-state index is 11.1. The minimum absolute atomic E-state index is 0.00887. The van der Waals surface area contributed by atoms with Gasteiger partial charge in [0.25, 0.3) is 0 Å². The molecule has 82 valence electrons. The van der Waals surface area contributed by atoms with Gasteiger partial charge in [0.1, 0.15) is 0 Å². The Balaban J connectivity index is 2.79. The number of hydrogen-bond acceptors (Lipinski definition) is 1. The molecule has 0 spiro atoms. The average Bonchev–Trinajstić information content (AvgIpc) is 2.49. The van der Waals surface area contributed by atoms with Crippen molar-refractivity contribution in [2.24, 2.45) is 17.3 Å². The number of carbonyl (C=O) groups is 1. The van der Waals surface area contributed by atoms with Crippen molar-refractivity contribution < 1.29 is 4.79 Å². The maximum atomic E-state index is 11.1.